The summed E-state index contributed by atoms with van der Waals surface area (Å²) in [5, 5.41) is 0. The highest BCUT2D eigenvalue weighted by atomic mass is 15.2. The number of hydrogen-bond donors (Lipinski definition) is 0. The van der Waals surface area contributed by atoms with E-state index in [1.807, 2.05) is 0 Å². The van der Waals surface area contributed by atoms with Gasteiger partial charge in [0.05, 0.1) is 7.85 Å². The third-order valence-electron chi connectivity index (χ3n) is 4.46. The first kappa shape index (κ1) is 16.4. The van der Waals surface area contributed by atoms with Crippen molar-refractivity contribution in [3.05, 3.63) is 47.0 Å². The summed E-state index contributed by atoms with van der Waals surface area (Å²) < 4.78 is 0. The molecule has 21 heavy (non-hydrogen) atoms. The number of nitrogens with zero attached hydrogens (tertiary/aromatic N) is 1. The summed E-state index contributed by atoms with van der Waals surface area (Å²) in [6, 6.07) is 6.87. The van der Waals surface area contributed by atoms with Gasteiger partial charge in [-0.2, -0.15) is 0 Å². The van der Waals surface area contributed by atoms with Crippen molar-refractivity contribution in [3.8, 4) is 0 Å². The molecule has 112 valence electrons. The molecule has 2 rings (SSSR count). The number of benzene rings is 1. The average molecular weight is 281 g/mol. The highest BCUT2D eigenvalue weighted by Gasteiger charge is 2.26. The van der Waals surface area contributed by atoms with Crippen LogP contribution in [0.2, 0.25) is 6.32 Å². The van der Waals surface area contributed by atoms with Gasteiger partial charge in [0.15, 0.2) is 0 Å². The lowest BCUT2D eigenvalue weighted by atomic mass is 9.88. The second-order valence-electron chi connectivity index (χ2n) is 6.69. The van der Waals surface area contributed by atoms with Crippen LogP contribution in [0.3, 0.4) is 0 Å². The molecule has 0 unspecified atom stereocenters. The normalized spacial score (nSPS) is 15.9. The van der Waals surface area contributed by atoms with Gasteiger partial charge in [0, 0.05) is 13.1 Å². The summed E-state index contributed by atoms with van der Waals surface area (Å²) in [4.78, 5) is 2.58. The maximum absolute atomic E-state index is 5.62. The second kappa shape index (κ2) is 7.84. The quantitative estimate of drug-likeness (QED) is 0.515. The van der Waals surface area contributed by atoms with Crippen molar-refractivity contribution < 1.29 is 0 Å². The van der Waals surface area contributed by atoms with E-state index >= 15 is 0 Å². The number of hydrogen-bond acceptors (Lipinski definition) is 1. The number of likely N-dealkylation sites (tertiary alicyclic amines) is 1. The molecule has 0 saturated carbocycles. The van der Waals surface area contributed by atoms with Gasteiger partial charge in [-0.1, -0.05) is 30.1 Å². The second-order valence-corrected chi connectivity index (χ2v) is 6.69. The van der Waals surface area contributed by atoms with Crippen LogP contribution in [0.5, 0.6) is 0 Å². The zero-order chi connectivity index (χ0) is 15.2. The molecule has 1 nitrogen and oxygen atoms in total. The third kappa shape index (κ3) is 5.03. The number of allylic oxidation sites excluding steroid dienone is 1. The summed E-state index contributed by atoms with van der Waals surface area (Å²) in [5.74, 6) is 0.842. The minimum absolute atomic E-state index is 0.737. The van der Waals surface area contributed by atoms with Crippen LogP contribution < -0.4 is 0 Å². The van der Waals surface area contributed by atoms with E-state index in [-0.39, 0.29) is 0 Å². The van der Waals surface area contributed by atoms with Crippen LogP contribution in [0.15, 0.2) is 30.4 Å². The lowest BCUT2D eigenvalue weighted by molar-refractivity contribution is 0.0994. The Labute approximate surface area is 131 Å². The zero-order valence-corrected chi connectivity index (χ0v) is 13.7. The molecular formula is C19H28BN. The Kier molecular flexibility index (Phi) is 6.11. The first-order valence-electron chi connectivity index (χ1n) is 8.23. The fourth-order valence-corrected chi connectivity index (χ4v) is 3.21. The van der Waals surface area contributed by atoms with E-state index in [0.29, 0.717) is 0 Å². The van der Waals surface area contributed by atoms with Crippen LogP contribution in [0.25, 0.3) is 0 Å². The summed E-state index contributed by atoms with van der Waals surface area (Å²) in [6.07, 6.45) is 5.38. The molecule has 1 fully saturated rings. The zero-order valence-electron chi connectivity index (χ0n) is 13.7. The summed E-state index contributed by atoms with van der Waals surface area (Å²) >= 11 is 0. The highest BCUT2D eigenvalue weighted by molar-refractivity contribution is 6.08. The smallest absolute Gasteiger partial charge is 0.0657 e. The van der Waals surface area contributed by atoms with Gasteiger partial charge in [-0.05, 0) is 68.7 Å². The third-order valence-corrected chi connectivity index (χ3v) is 4.46. The van der Waals surface area contributed by atoms with Gasteiger partial charge in [0.2, 0.25) is 0 Å². The molecule has 1 aromatic carbocycles. The van der Waals surface area contributed by atoms with E-state index in [0.717, 1.165) is 18.7 Å². The lowest BCUT2D eigenvalue weighted by Crippen LogP contribution is -2.47. The van der Waals surface area contributed by atoms with Gasteiger partial charge >= 0.3 is 0 Å². The molecule has 0 amide bonds. The van der Waals surface area contributed by atoms with Crippen LogP contribution >= 0.6 is 0 Å². The molecule has 1 aliphatic heterocycles. The molecule has 1 aromatic rings. The monoisotopic (exact) mass is 281 g/mol. The summed E-state index contributed by atoms with van der Waals surface area (Å²) in [7, 11) is 5.62. The number of aryl methyl sites for hydroxylation is 2. The molecule has 0 spiro atoms. The molecule has 0 bridgehead atoms. The van der Waals surface area contributed by atoms with E-state index in [1.54, 1.807) is 0 Å². The van der Waals surface area contributed by atoms with Crippen molar-refractivity contribution >= 4 is 7.85 Å². The maximum Gasteiger partial charge on any atom is 0.0657 e. The fourth-order valence-electron chi connectivity index (χ4n) is 3.21. The maximum atomic E-state index is 5.62. The SMILES string of the molecule is [B]CCc1ccc(CC2CN(CCCC(=C)C)C2)c(C)c1. The highest BCUT2D eigenvalue weighted by Crippen LogP contribution is 2.23. The summed E-state index contributed by atoms with van der Waals surface area (Å²) in [6.45, 7) is 12.1. The predicted octanol–water partition coefficient (Wildman–Crippen LogP) is 3.95. The van der Waals surface area contributed by atoms with Crippen LogP contribution in [-0.2, 0) is 12.8 Å². The minimum Gasteiger partial charge on any atom is -0.303 e. The van der Waals surface area contributed by atoms with Crippen molar-refractivity contribution in [3.63, 3.8) is 0 Å². The van der Waals surface area contributed by atoms with Crippen LogP contribution in [0, 0.1) is 12.8 Å². The molecule has 2 heteroatoms. The molecule has 0 N–H and O–H groups in total. The molecule has 2 radical (unpaired) electrons. The largest absolute Gasteiger partial charge is 0.303 e. The molecule has 1 heterocycles. The standard InChI is InChI=1S/C19H28BN/c1-15(2)5-4-10-21-13-18(14-21)12-19-7-6-17(8-9-20)11-16(19)3/h6-7,11,18H,1,4-5,8-10,12-14H2,2-3H3. The minimum atomic E-state index is 0.737. The predicted molar refractivity (Wildman–Crippen MR) is 93.1 cm³/mol. The van der Waals surface area contributed by atoms with Gasteiger partial charge < -0.3 is 4.90 Å². The summed E-state index contributed by atoms with van der Waals surface area (Å²) in [5.41, 5.74) is 5.62. The van der Waals surface area contributed by atoms with Crippen LogP contribution in [-0.4, -0.2) is 32.4 Å². The molecular weight excluding hydrogens is 253 g/mol. The van der Waals surface area contributed by atoms with Crippen LogP contribution in [0.4, 0.5) is 0 Å². The lowest BCUT2D eigenvalue weighted by Gasteiger charge is -2.39. The molecule has 0 aromatic heterocycles. The Hall–Kier alpha value is -1.02. The van der Waals surface area contributed by atoms with E-state index < -0.39 is 0 Å². The Morgan fingerprint density at radius 3 is 2.76 bits per heavy atom. The van der Waals surface area contributed by atoms with Crippen molar-refractivity contribution in [2.24, 2.45) is 5.92 Å². The fraction of sp³-hybridized carbons (Fsp3) is 0.579. The number of rotatable bonds is 8. The van der Waals surface area contributed by atoms with Crippen molar-refractivity contribution in [2.75, 3.05) is 19.6 Å². The Morgan fingerprint density at radius 2 is 2.14 bits per heavy atom. The van der Waals surface area contributed by atoms with Gasteiger partial charge in [-0.3, -0.25) is 0 Å². The van der Waals surface area contributed by atoms with Crippen molar-refractivity contribution in [1.82, 2.24) is 4.90 Å². The van der Waals surface area contributed by atoms with E-state index in [4.69, 9.17) is 7.85 Å². The van der Waals surface area contributed by atoms with Gasteiger partial charge in [0.25, 0.3) is 0 Å². The molecule has 1 saturated heterocycles. The van der Waals surface area contributed by atoms with Gasteiger partial charge in [-0.15, -0.1) is 6.58 Å². The molecule has 0 aliphatic carbocycles. The first-order chi connectivity index (χ1) is 10.1. The van der Waals surface area contributed by atoms with E-state index in [1.165, 1.54) is 61.2 Å². The Bertz CT molecular complexity index is 474. The average Bonchev–Trinajstić information content (AvgIpc) is 2.38. The Balaban J connectivity index is 1.73. The van der Waals surface area contributed by atoms with Gasteiger partial charge in [0.1, 0.15) is 0 Å². The van der Waals surface area contributed by atoms with E-state index in [2.05, 4.69) is 43.5 Å². The van der Waals surface area contributed by atoms with Gasteiger partial charge in [-0.25, -0.2) is 0 Å². The molecule has 1 aliphatic rings. The Morgan fingerprint density at radius 1 is 1.38 bits per heavy atom. The topological polar surface area (TPSA) is 3.24 Å². The first-order valence-corrected chi connectivity index (χ1v) is 8.23. The van der Waals surface area contributed by atoms with Crippen LogP contribution in [0.1, 0.15) is 36.5 Å². The van der Waals surface area contributed by atoms with E-state index in [9.17, 15) is 0 Å². The van der Waals surface area contributed by atoms with Crippen molar-refractivity contribution in [2.45, 2.75) is 45.9 Å². The van der Waals surface area contributed by atoms with Crippen molar-refractivity contribution in [1.29, 1.82) is 0 Å². The molecule has 0 atom stereocenters.